The van der Waals surface area contributed by atoms with Crippen molar-refractivity contribution in [3.63, 3.8) is 0 Å². The molecule has 0 aliphatic rings. The SMILES string of the molecule is C[C@@H](O)[C@H](NP(C)(C)=O)C(=O)O. The minimum absolute atomic E-state index is 1.06. The van der Waals surface area contributed by atoms with Crippen molar-refractivity contribution in [3.8, 4) is 0 Å². The van der Waals surface area contributed by atoms with E-state index < -0.39 is 25.4 Å². The smallest absolute Gasteiger partial charge is 0.323 e. The molecule has 0 spiro atoms. The second-order valence-corrected chi connectivity index (χ2v) is 6.00. The molecule has 0 saturated carbocycles. The van der Waals surface area contributed by atoms with Gasteiger partial charge in [0.15, 0.2) is 0 Å². The Labute approximate surface area is 71.2 Å². The van der Waals surface area contributed by atoms with Crippen molar-refractivity contribution < 1.29 is 19.6 Å². The monoisotopic (exact) mass is 195 g/mol. The lowest BCUT2D eigenvalue weighted by molar-refractivity contribution is -0.141. The van der Waals surface area contributed by atoms with Gasteiger partial charge in [0.2, 0.25) is 0 Å². The topological polar surface area (TPSA) is 86.6 Å². The zero-order chi connectivity index (χ0) is 9.94. The summed E-state index contributed by atoms with van der Waals surface area (Å²) in [6.45, 7) is 4.15. The van der Waals surface area contributed by atoms with Gasteiger partial charge in [-0.15, -0.1) is 0 Å². The molecular weight excluding hydrogens is 181 g/mol. The Balaban J connectivity index is 4.35. The lowest BCUT2D eigenvalue weighted by Crippen LogP contribution is -2.42. The summed E-state index contributed by atoms with van der Waals surface area (Å²) in [7, 11) is -2.62. The van der Waals surface area contributed by atoms with Gasteiger partial charge in [0.25, 0.3) is 0 Å². The molecule has 3 N–H and O–H groups in total. The van der Waals surface area contributed by atoms with Crippen LogP contribution in [0.25, 0.3) is 0 Å². The van der Waals surface area contributed by atoms with Crippen LogP contribution in [0.5, 0.6) is 0 Å². The summed E-state index contributed by atoms with van der Waals surface area (Å²) in [5.74, 6) is -1.20. The van der Waals surface area contributed by atoms with E-state index in [1.54, 1.807) is 0 Å². The van der Waals surface area contributed by atoms with E-state index in [-0.39, 0.29) is 0 Å². The van der Waals surface area contributed by atoms with Gasteiger partial charge >= 0.3 is 5.97 Å². The van der Waals surface area contributed by atoms with Gasteiger partial charge in [-0.05, 0) is 6.92 Å². The van der Waals surface area contributed by atoms with Gasteiger partial charge < -0.3 is 14.8 Å². The Morgan fingerprint density at radius 1 is 1.50 bits per heavy atom. The van der Waals surface area contributed by atoms with E-state index in [0.717, 1.165) is 0 Å². The molecule has 5 nitrogen and oxygen atoms in total. The molecular formula is C6H14NO4P. The largest absolute Gasteiger partial charge is 0.480 e. The molecule has 0 unspecified atom stereocenters. The average Bonchev–Trinajstić information content (AvgIpc) is 1.79. The number of carboxylic acids is 1. The average molecular weight is 195 g/mol. The van der Waals surface area contributed by atoms with Gasteiger partial charge in [0.1, 0.15) is 13.3 Å². The molecule has 0 aromatic carbocycles. The van der Waals surface area contributed by atoms with Gasteiger partial charge in [-0.25, -0.2) is 0 Å². The Hall–Kier alpha value is -0.380. The molecule has 0 radical (unpaired) electrons. The molecule has 0 saturated heterocycles. The lowest BCUT2D eigenvalue weighted by Gasteiger charge is -2.19. The van der Waals surface area contributed by atoms with Gasteiger partial charge in [-0.3, -0.25) is 9.88 Å². The maximum absolute atomic E-state index is 11.1. The van der Waals surface area contributed by atoms with Crippen LogP contribution in [0.4, 0.5) is 0 Å². The highest BCUT2D eigenvalue weighted by Crippen LogP contribution is 2.31. The predicted octanol–water partition coefficient (Wildman–Crippen LogP) is -0.0523. The lowest BCUT2D eigenvalue weighted by atomic mass is 10.2. The summed E-state index contributed by atoms with van der Waals surface area (Å²) in [6, 6.07) is -1.16. The van der Waals surface area contributed by atoms with Crippen LogP contribution in [0.3, 0.4) is 0 Å². The van der Waals surface area contributed by atoms with E-state index in [1.165, 1.54) is 20.3 Å². The Morgan fingerprint density at radius 2 is 1.92 bits per heavy atom. The van der Waals surface area contributed by atoms with Crippen LogP contribution >= 0.6 is 7.29 Å². The molecule has 0 aromatic heterocycles. The maximum atomic E-state index is 11.1. The van der Waals surface area contributed by atoms with Crippen molar-refractivity contribution in [2.45, 2.75) is 19.1 Å². The number of carboxylic acid groups (broad SMARTS) is 1. The highest BCUT2D eigenvalue weighted by atomic mass is 31.2. The van der Waals surface area contributed by atoms with Gasteiger partial charge in [0.05, 0.1) is 6.10 Å². The third-order valence-electron chi connectivity index (χ3n) is 1.20. The predicted molar refractivity (Wildman–Crippen MR) is 45.7 cm³/mol. The molecule has 0 rings (SSSR count). The van der Waals surface area contributed by atoms with Crippen LogP contribution < -0.4 is 5.09 Å². The second-order valence-electron chi connectivity index (χ2n) is 3.04. The fourth-order valence-corrected chi connectivity index (χ4v) is 1.70. The Bertz CT molecular complexity index is 210. The Kier molecular flexibility index (Phi) is 3.90. The van der Waals surface area contributed by atoms with Crippen LogP contribution in [0.1, 0.15) is 6.92 Å². The first-order valence-corrected chi connectivity index (χ1v) is 6.08. The molecule has 2 atom stereocenters. The van der Waals surface area contributed by atoms with Crippen LogP contribution in [0, 0.1) is 0 Å². The van der Waals surface area contributed by atoms with Gasteiger partial charge in [0, 0.05) is 13.3 Å². The molecule has 0 amide bonds. The van der Waals surface area contributed by atoms with Crippen LogP contribution in [-0.2, 0) is 9.36 Å². The van der Waals surface area contributed by atoms with Crippen molar-refractivity contribution in [1.82, 2.24) is 5.09 Å². The molecule has 0 aliphatic carbocycles. The normalized spacial score (nSPS) is 17.0. The van der Waals surface area contributed by atoms with Crippen molar-refractivity contribution in [2.24, 2.45) is 0 Å². The molecule has 0 aromatic rings. The molecule has 12 heavy (non-hydrogen) atoms. The summed E-state index contributed by atoms with van der Waals surface area (Å²) < 4.78 is 11.1. The zero-order valence-electron chi connectivity index (χ0n) is 7.31. The summed E-state index contributed by atoms with van der Waals surface area (Å²) >= 11 is 0. The molecule has 72 valence electrons. The van der Waals surface area contributed by atoms with Crippen molar-refractivity contribution >= 4 is 13.3 Å². The first-order chi connectivity index (χ1) is 5.24. The molecule has 0 bridgehead atoms. The number of hydrogen-bond donors (Lipinski definition) is 3. The fraction of sp³-hybridized carbons (Fsp3) is 0.833. The number of aliphatic hydroxyl groups is 1. The quantitative estimate of drug-likeness (QED) is 0.547. The summed E-state index contributed by atoms with van der Waals surface area (Å²) in [5, 5.41) is 19.9. The minimum atomic E-state index is -2.62. The third-order valence-corrected chi connectivity index (χ3v) is 2.10. The molecule has 6 heteroatoms. The van der Waals surface area contributed by atoms with Gasteiger partial charge in [-0.2, -0.15) is 0 Å². The number of aliphatic hydroxyl groups excluding tert-OH is 1. The third kappa shape index (κ3) is 4.49. The van der Waals surface area contributed by atoms with E-state index in [2.05, 4.69) is 5.09 Å². The number of carbonyl (C=O) groups is 1. The standard InChI is InChI=1S/C6H14NO4P/c1-4(8)5(6(9)10)7-12(2,3)11/h4-5,8H,1-3H3,(H,7,11)(H,9,10)/t4-,5+/m1/s1. The number of aliphatic carboxylic acids is 1. The summed E-state index contributed by atoms with van der Waals surface area (Å²) in [6.07, 6.45) is -1.06. The first-order valence-electron chi connectivity index (χ1n) is 3.47. The summed E-state index contributed by atoms with van der Waals surface area (Å²) in [4.78, 5) is 10.5. The molecule has 0 aliphatic heterocycles. The highest BCUT2D eigenvalue weighted by Gasteiger charge is 2.26. The van der Waals surface area contributed by atoms with E-state index in [1.807, 2.05) is 0 Å². The number of rotatable bonds is 4. The molecule has 0 fully saturated rings. The number of nitrogens with one attached hydrogen (secondary N) is 1. The van der Waals surface area contributed by atoms with Crippen molar-refractivity contribution in [1.29, 1.82) is 0 Å². The maximum Gasteiger partial charge on any atom is 0.323 e. The Morgan fingerprint density at radius 3 is 2.00 bits per heavy atom. The van der Waals surface area contributed by atoms with E-state index >= 15 is 0 Å². The second kappa shape index (κ2) is 4.03. The minimum Gasteiger partial charge on any atom is -0.480 e. The van der Waals surface area contributed by atoms with Gasteiger partial charge in [-0.1, -0.05) is 0 Å². The van der Waals surface area contributed by atoms with E-state index in [0.29, 0.717) is 0 Å². The van der Waals surface area contributed by atoms with Crippen molar-refractivity contribution in [3.05, 3.63) is 0 Å². The van der Waals surface area contributed by atoms with Crippen LogP contribution in [0.15, 0.2) is 0 Å². The highest BCUT2D eigenvalue weighted by molar-refractivity contribution is 7.60. The van der Waals surface area contributed by atoms with E-state index in [4.69, 9.17) is 10.2 Å². The van der Waals surface area contributed by atoms with E-state index in [9.17, 15) is 9.36 Å². The first kappa shape index (κ1) is 11.6. The fourth-order valence-electron chi connectivity index (χ4n) is 0.704. The zero-order valence-corrected chi connectivity index (χ0v) is 8.21. The van der Waals surface area contributed by atoms with Crippen LogP contribution in [0.2, 0.25) is 0 Å². The molecule has 0 heterocycles. The van der Waals surface area contributed by atoms with Crippen LogP contribution in [-0.4, -0.2) is 41.7 Å². The van der Waals surface area contributed by atoms with Crippen molar-refractivity contribution in [2.75, 3.05) is 13.3 Å². The number of hydrogen-bond acceptors (Lipinski definition) is 3. The summed E-state index contributed by atoms with van der Waals surface area (Å²) in [5.41, 5.74) is 0.